The molecule has 0 atom stereocenters. The molecule has 0 radical (unpaired) electrons. The molecule has 1 N–H and O–H groups in total. The van der Waals surface area contributed by atoms with E-state index in [1.807, 2.05) is 29.6 Å². The Kier molecular flexibility index (Phi) is 6.56. The van der Waals surface area contributed by atoms with Gasteiger partial charge in [0.25, 0.3) is 5.91 Å². The molecule has 0 aliphatic carbocycles. The summed E-state index contributed by atoms with van der Waals surface area (Å²) in [4.78, 5) is 25.4. The van der Waals surface area contributed by atoms with E-state index in [-0.39, 0.29) is 12.0 Å². The molecule has 0 aliphatic heterocycles. The number of nitrogens with one attached hydrogen (secondary N) is 1. The van der Waals surface area contributed by atoms with Gasteiger partial charge in [0.2, 0.25) is 0 Å². The Balaban J connectivity index is 1.97. The fraction of sp³-hybridized carbons (Fsp3) is 0.182. The number of benzene rings is 2. The number of halogens is 1. The molecule has 0 saturated heterocycles. The van der Waals surface area contributed by atoms with Gasteiger partial charge < -0.3 is 14.8 Å². The second kappa shape index (κ2) is 9.11. The van der Waals surface area contributed by atoms with Gasteiger partial charge in [0.1, 0.15) is 16.3 Å². The number of methoxy groups -OCH3 is 1. The van der Waals surface area contributed by atoms with Crippen LogP contribution in [0, 0.1) is 0 Å². The molecule has 1 aromatic heterocycles. The first-order valence-corrected chi connectivity index (χ1v) is 10.2. The maximum absolute atomic E-state index is 12.8. The van der Waals surface area contributed by atoms with Crippen molar-refractivity contribution in [2.75, 3.05) is 12.4 Å². The summed E-state index contributed by atoms with van der Waals surface area (Å²) in [5.41, 5.74) is 2.28. The Labute approximate surface area is 178 Å². The van der Waals surface area contributed by atoms with Gasteiger partial charge >= 0.3 is 5.97 Å². The van der Waals surface area contributed by atoms with Crippen LogP contribution in [0.2, 0.25) is 5.02 Å². The monoisotopic (exact) mass is 429 g/mol. The van der Waals surface area contributed by atoms with Crippen molar-refractivity contribution in [3.05, 3.63) is 70.1 Å². The molecule has 2 aromatic carbocycles. The van der Waals surface area contributed by atoms with Crippen molar-refractivity contribution in [1.82, 2.24) is 0 Å². The maximum Gasteiger partial charge on any atom is 0.342 e. The first-order chi connectivity index (χ1) is 13.9. The van der Waals surface area contributed by atoms with Crippen LogP contribution in [-0.2, 0) is 4.74 Å². The SMILES string of the molecule is COc1ccc(-c2csc(NC(=O)c3ccc(Cl)cc3)c2C(=O)OC(C)C)cc1. The minimum Gasteiger partial charge on any atom is -0.497 e. The van der Waals surface area contributed by atoms with E-state index < -0.39 is 5.97 Å². The molecule has 0 aliphatic rings. The first-order valence-electron chi connectivity index (χ1n) is 8.93. The summed E-state index contributed by atoms with van der Waals surface area (Å²) in [6.07, 6.45) is -0.286. The molecule has 0 unspecified atom stereocenters. The van der Waals surface area contributed by atoms with Gasteiger partial charge in [0.15, 0.2) is 0 Å². The number of carbonyl (C=O) groups excluding carboxylic acids is 2. The third kappa shape index (κ3) is 4.96. The van der Waals surface area contributed by atoms with Crippen LogP contribution in [0.3, 0.4) is 0 Å². The molecule has 3 aromatic rings. The predicted molar refractivity (Wildman–Crippen MR) is 116 cm³/mol. The lowest BCUT2D eigenvalue weighted by atomic mass is 10.0. The van der Waals surface area contributed by atoms with Crippen LogP contribution in [0.4, 0.5) is 5.00 Å². The number of anilines is 1. The van der Waals surface area contributed by atoms with Crippen molar-refractivity contribution < 1.29 is 19.1 Å². The molecule has 0 fully saturated rings. The highest BCUT2D eigenvalue weighted by molar-refractivity contribution is 7.15. The van der Waals surface area contributed by atoms with E-state index in [0.717, 1.165) is 5.56 Å². The Bertz CT molecular complexity index is 1010. The van der Waals surface area contributed by atoms with Crippen LogP contribution in [0.5, 0.6) is 5.75 Å². The van der Waals surface area contributed by atoms with Gasteiger partial charge in [-0.2, -0.15) is 0 Å². The summed E-state index contributed by atoms with van der Waals surface area (Å²) < 4.78 is 10.6. The number of amides is 1. The molecule has 3 rings (SSSR count). The Morgan fingerprint density at radius 1 is 1.03 bits per heavy atom. The molecular formula is C22H20ClNO4S. The van der Waals surface area contributed by atoms with E-state index in [4.69, 9.17) is 21.1 Å². The smallest absolute Gasteiger partial charge is 0.342 e. The minimum absolute atomic E-state index is 0.286. The Morgan fingerprint density at radius 2 is 1.69 bits per heavy atom. The van der Waals surface area contributed by atoms with E-state index in [9.17, 15) is 9.59 Å². The summed E-state index contributed by atoms with van der Waals surface area (Å²) >= 11 is 7.16. The number of thiophene rings is 1. The fourth-order valence-electron chi connectivity index (χ4n) is 2.69. The molecule has 150 valence electrons. The standard InChI is InChI=1S/C22H20ClNO4S/c1-13(2)28-22(26)19-18(14-6-10-17(27-3)11-7-14)12-29-21(19)24-20(25)15-4-8-16(23)9-5-15/h4-13H,1-3H3,(H,24,25). The first kappa shape index (κ1) is 20.9. The molecular weight excluding hydrogens is 410 g/mol. The average Bonchev–Trinajstić information content (AvgIpc) is 3.11. The van der Waals surface area contributed by atoms with Gasteiger partial charge in [-0.05, 0) is 55.8 Å². The highest BCUT2D eigenvalue weighted by Crippen LogP contribution is 2.37. The number of carbonyl (C=O) groups is 2. The fourth-order valence-corrected chi connectivity index (χ4v) is 3.76. The van der Waals surface area contributed by atoms with Crippen LogP contribution in [0.1, 0.15) is 34.6 Å². The second-order valence-corrected chi connectivity index (χ2v) is 7.81. The lowest BCUT2D eigenvalue weighted by Crippen LogP contribution is -2.16. The highest BCUT2D eigenvalue weighted by Gasteiger charge is 2.24. The van der Waals surface area contributed by atoms with Crippen LogP contribution >= 0.6 is 22.9 Å². The number of rotatable bonds is 6. The molecule has 0 saturated carbocycles. The van der Waals surface area contributed by atoms with Gasteiger partial charge in [0.05, 0.1) is 13.2 Å². The topological polar surface area (TPSA) is 64.6 Å². The number of hydrogen-bond donors (Lipinski definition) is 1. The predicted octanol–water partition coefficient (Wildman–Crippen LogP) is 5.89. The van der Waals surface area contributed by atoms with Crippen molar-refractivity contribution >= 4 is 39.8 Å². The lowest BCUT2D eigenvalue weighted by molar-refractivity contribution is 0.0380. The molecule has 1 amide bonds. The van der Waals surface area contributed by atoms with Crippen molar-refractivity contribution in [1.29, 1.82) is 0 Å². The van der Waals surface area contributed by atoms with Crippen molar-refractivity contribution in [3.8, 4) is 16.9 Å². The van der Waals surface area contributed by atoms with E-state index in [2.05, 4.69) is 5.32 Å². The molecule has 1 heterocycles. The molecule has 29 heavy (non-hydrogen) atoms. The van der Waals surface area contributed by atoms with Gasteiger partial charge in [-0.25, -0.2) is 4.79 Å². The summed E-state index contributed by atoms with van der Waals surface area (Å²) in [7, 11) is 1.59. The molecule has 0 bridgehead atoms. The highest BCUT2D eigenvalue weighted by atomic mass is 35.5. The lowest BCUT2D eigenvalue weighted by Gasteiger charge is -2.12. The quantitative estimate of drug-likeness (QED) is 0.496. The van der Waals surface area contributed by atoms with E-state index in [0.29, 0.717) is 32.5 Å². The van der Waals surface area contributed by atoms with Crippen molar-refractivity contribution in [3.63, 3.8) is 0 Å². The normalized spacial score (nSPS) is 10.7. The molecule has 0 spiro atoms. The van der Waals surface area contributed by atoms with Gasteiger partial charge in [0, 0.05) is 21.5 Å². The largest absolute Gasteiger partial charge is 0.497 e. The zero-order chi connectivity index (χ0) is 21.0. The number of hydrogen-bond acceptors (Lipinski definition) is 5. The van der Waals surface area contributed by atoms with Gasteiger partial charge in [-0.3, -0.25) is 4.79 Å². The van der Waals surface area contributed by atoms with Crippen LogP contribution in [0.15, 0.2) is 53.9 Å². The zero-order valence-corrected chi connectivity index (χ0v) is 17.8. The average molecular weight is 430 g/mol. The summed E-state index contributed by atoms with van der Waals surface area (Å²) in [6, 6.07) is 13.9. The summed E-state index contributed by atoms with van der Waals surface area (Å²) in [5, 5.41) is 5.63. The van der Waals surface area contributed by atoms with Crippen molar-refractivity contribution in [2.24, 2.45) is 0 Å². The Morgan fingerprint density at radius 3 is 2.28 bits per heavy atom. The van der Waals surface area contributed by atoms with E-state index in [1.165, 1.54) is 11.3 Å². The molecule has 7 heteroatoms. The van der Waals surface area contributed by atoms with Crippen molar-refractivity contribution in [2.45, 2.75) is 20.0 Å². The van der Waals surface area contributed by atoms with Gasteiger partial charge in [-0.15, -0.1) is 11.3 Å². The zero-order valence-electron chi connectivity index (χ0n) is 16.2. The third-order valence-corrected chi connectivity index (χ3v) is 5.22. The van der Waals surface area contributed by atoms with Crippen LogP contribution in [-0.4, -0.2) is 25.1 Å². The molecule has 5 nitrogen and oxygen atoms in total. The summed E-state index contributed by atoms with van der Waals surface area (Å²) in [6.45, 7) is 3.56. The van der Waals surface area contributed by atoms with Crippen LogP contribution in [0.25, 0.3) is 11.1 Å². The van der Waals surface area contributed by atoms with Crippen LogP contribution < -0.4 is 10.1 Å². The number of esters is 1. The van der Waals surface area contributed by atoms with E-state index >= 15 is 0 Å². The second-order valence-electron chi connectivity index (χ2n) is 6.50. The minimum atomic E-state index is -0.488. The Hall–Kier alpha value is -2.83. The maximum atomic E-state index is 12.8. The van der Waals surface area contributed by atoms with Gasteiger partial charge in [-0.1, -0.05) is 23.7 Å². The third-order valence-electron chi connectivity index (χ3n) is 4.07. The number of ether oxygens (including phenoxy) is 2. The van der Waals surface area contributed by atoms with E-state index in [1.54, 1.807) is 45.2 Å². The summed E-state index contributed by atoms with van der Waals surface area (Å²) in [5.74, 6) is -0.103.